The summed E-state index contributed by atoms with van der Waals surface area (Å²) in [5.74, 6) is 1.66. The van der Waals surface area contributed by atoms with Gasteiger partial charge in [-0.3, -0.25) is 0 Å². The summed E-state index contributed by atoms with van der Waals surface area (Å²) in [5.41, 5.74) is 4.66. The molecule has 122 valence electrons. The van der Waals surface area contributed by atoms with E-state index in [1.165, 1.54) is 11.1 Å². The van der Waals surface area contributed by atoms with Crippen LogP contribution in [-0.2, 0) is 4.74 Å². The highest BCUT2D eigenvalue weighted by atomic mass is 16.7. The van der Waals surface area contributed by atoms with Crippen molar-refractivity contribution in [1.29, 1.82) is 0 Å². The molecule has 0 aliphatic rings. The highest BCUT2D eigenvalue weighted by molar-refractivity contribution is 5.73. The Labute approximate surface area is 142 Å². The fourth-order valence-electron chi connectivity index (χ4n) is 2.53. The van der Waals surface area contributed by atoms with Crippen molar-refractivity contribution in [3.05, 3.63) is 72.8 Å². The minimum absolute atomic E-state index is 0.256. The van der Waals surface area contributed by atoms with E-state index in [0.29, 0.717) is 0 Å². The topological polar surface area (TPSA) is 27.7 Å². The van der Waals surface area contributed by atoms with Gasteiger partial charge in [0.1, 0.15) is 11.5 Å². The number of hydrogen-bond acceptors (Lipinski definition) is 3. The lowest BCUT2D eigenvalue weighted by Crippen LogP contribution is -1.98. The summed E-state index contributed by atoms with van der Waals surface area (Å²) in [6.07, 6.45) is 0. The maximum atomic E-state index is 5.43. The summed E-state index contributed by atoms with van der Waals surface area (Å²) in [6.45, 7) is 0.256. The van der Waals surface area contributed by atoms with Gasteiger partial charge in [0.15, 0.2) is 6.79 Å². The minimum atomic E-state index is 0.256. The Morgan fingerprint density at radius 1 is 0.625 bits per heavy atom. The molecule has 0 spiro atoms. The molecule has 0 unspecified atom stereocenters. The van der Waals surface area contributed by atoms with Gasteiger partial charge in [-0.05, 0) is 52.6 Å². The molecule has 0 aromatic heterocycles. The smallest absolute Gasteiger partial charge is 0.188 e. The molecule has 0 saturated carbocycles. The van der Waals surface area contributed by atoms with Gasteiger partial charge >= 0.3 is 0 Å². The molecule has 0 heterocycles. The van der Waals surface area contributed by atoms with Gasteiger partial charge in [-0.25, -0.2) is 0 Å². The third-order valence-corrected chi connectivity index (χ3v) is 3.82. The fraction of sp³-hybridized carbons (Fsp3) is 0.143. The summed E-state index contributed by atoms with van der Waals surface area (Å²) < 4.78 is 15.6. The van der Waals surface area contributed by atoms with Crippen LogP contribution in [0.3, 0.4) is 0 Å². The molecule has 3 heteroatoms. The molecule has 0 amide bonds. The molecule has 3 aromatic carbocycles. The minimum Gasteiger partial charge on any atom is -0.497 e. The molecule has 0 saturated heterocycles. The lowest BCUT2D eigenvalue weighted by molar-refractivity contribution is 0.0511. The van der Waals surface area contributed by atoms with E-state index >= 15 is 0 Å². The molecule has 0 bridgehead atoms. The Morgan fingerprint density at radius 3 is 1.67 bits per heavy atom. The Balaban J connectivity index is 1.84. The van der Waals surface area contributed by atoms with Crippen LogP contribution >= 0.6 is 0 Å². The number of benzene rings is 3. The van der Waals surface area contributed by atoms with Gasteiger partial charge in [0, 0.05) is 7.11 Å². The molecule has 0 aliphatic carbocycles. The van der Waals surface area contributed by atoms with E-state index in [2.05, 4.69) is 48.5 Å². The van der Waals surface area contributed by atoms with Crippen LogP contribution in [0.15, 0.2) is 72.8 Å². The zero-order valence-corrected chi connectivity index (χ0v) is 13.9. The molecule has 0 radical (unpaired) electrons. The lowest BCUT2D eigenvalue weighted by atomic mass is 9.99. The van der Waals surface area contributed by atoms with Crippen molar-refractivity contribution in [3.8, 4) is 33.8 Å². The third-order valence-electron chi connectivity index (χ3n) is 3.82. The highest BCUT2D eigenvalue weighted by Crippen LogP contribution is 2.28. The molecular weight excluding hydrogens is 300 g/mol. The first-order valence-electron chi connectivity index (χ1n) is 7.77. The largest absolute Gasteiger partial charge is 0.497 e. The molecule has 0 aliphatic heterocycles. The van der Waals surface area contributed by atoms with Crippen LogP contribution in [0.5, 0.6) is 11.5 Å². The second-order valence-corrected chi connectivity index (χ2v) is 5.38. The zero-order chi connectivity index (χ0) is 16.8. The van der Waals surface area contributed by atoms with Gasteiger partial charge < -0.3 is 14.2 Å². The summed E-state index contributed by atoms with van der Waals surface area (Å²) >= 11 is 0. The van der Waals surface area contributed by atoms with Crippen molar-refractivity contribution in [1.82, 2.24) is 0 Å². The molecule has 3 aromatic rings. The van der Waals surface area contributed by atoms with Crippen molar-refractivity contribution < 1.29 is 14.2 Å². The molecule has 0 N–H and O–H groups in total. The van der Waals surface area contributed by atoms with E-state index in [4.69, 9.17) is 14.2 Å². The van der Waals surface area contributed by atoms with Crippen LogP contribution in [0.25, 0.3) is 22.3 Å². The van der Waals surface area contributed by atoms with Gasteiger partial charge in [-0.1, -0.05) is 42.5 Å². The van der Waals surface area contributed by atoms with Crippen molar-refractivity contribution in [2.45, 2.75) is 0 Å². The summed E-state index contributed by atoms with van der Waals surface area (Å²) in [7, 11) is 3.29. The Kier molecular flexibility index (Phi) is 5.14. The van der Waals surface area contributed by atoms with E-state index < -0.39 is 0 Å². The third kappa shape index (κ3) is 3.76. The maximum absolute atomic E-state index is 5.43. The number of methoxy groups -OCH3 is 2. The summed E-state index contributed by atoms with van der Waals surface area (Å²) in [5, 5.41) is 0. The average molecular weight is 320 g/mol. The Bertz CT molecular complexity index is 777. The van der Waals surface area contributed by atoms with E-state index in [1.807, 2.05) is 24.3 Å². The highest BCUT2D eigenvalue weighted by Gasteiger charge is 2.03. The maximum Gasteiger partial charge on any atom is 0.188 e. The van der Waals surface area contributed by atoms with Crippen LogP contribution in [0.4, 0.5) is 0 Å². The van der Waals surface area contributed by atoms with Crippen molar-refractivity contribution >= 4 is 0 Å². The first-order chi connectivity index (χ1) is 11.8. The molecule has 24 heavy (non-hydrogen) atoms. The quantitative estimate of drug-likeness (QED) is 0.597. The number of rotatable bonds is 6. The second kappa shape index (κ2) is 7.66. The van der Waals surface area contributed by atoms with Crippen molar-refractivity contribution in [3.63, 3.8) is 0 Å². The van der Waals surface area contributed by atoms with Crippen LogP contribution in [0, 0.1) is 0 Å². The Morgan fingerprint density at radius 2 is 1.17 bits per heavy atom. The van der Waals surface area contributed by atoms with Gasteiger partial charge in [-0.15, -0.1) is 0 Å². The number of ether oxygens (including phenoxy) is 3. The lowest BCUT2D eigenvalue weighted by Gasteiger charge is -2.08. The van der Waals surface area contributed by atoms with Gasteiger partial charge in [-0.2, -0.15) is 0 Å². The predicted molar refractivity (Wildman–Crippen MR) is 96.4 cm³/mol. The standard InChI is InChI=1S/C21H20O3/c1-22-15-24-21-12-8-17(9-13-21)19-5-3-4-18(14-19)16-6-10-20(23-2)11-7-16/h3-14H,15H2,1-2H3. The molecule has 0 atom stereocenters. The monoisotopic (exact) mass is 320 g/mol. The predicted octanol–water partition coefficient (Wildman–Crippen LogP) is 5.01. The van der Waals surface area contributed by atoms with E-state index in [-0.39, 0.29) is 6.79 Å². The average Bonchev–Trinajstić information content (AvgIpc) is 2.67. The van der Waals surface area contributed by atoms with E-state index in [1.54, 1.807) is 14.2 Å². The summed E-state index contributed by atoms with van der Waals surface area (Å²) in [4.78, 5) is 0. The van der Waals surface area contributed by atoms with Crippen LogP contribution in [-0.4, -0.2) is 21.0 Å². The molecule has 0 fully saturated rings. The molecular formula is C21H20O3. The first kappa shape index (κ1) is 16.1. The van der Waals surface area contributed by atoms with Crippen molar-refractivity contribution in [2.75, 3.05) is 21.0 Å². The van der Waals surface area contributed by atoms with Crippen molar-refractivity contribution in [2.24, 2.45) is 0 Å². The van der Waals surface area contributed by atoms with Crippen LogP contribution in [0.2, 0.25) is 0 Å². The Hall–Kier alpha value is -2.78. The van der Waals surface area contributed by atoms with E-state index in [0.717, 1.165) is 22.6 Å². The first-order valence-corrected chi connectivity index (χ1v) is 7.77. The zero-order valence-electron chi connectivity index (χ0n) is 13.9. The summed E-state index contributed by atoms with van der Waals surface area (Å²) in [6, 6.07) is 24.6. The molecule has 3 rings (SSSR count). The van der Waals surface area contributed by atoms with Gasteiger partial charge in [0.25, 0.3) is 0 Å². The van der Waals surface area contributed by atoms with Gasteiger partial charge in [0.05, 0.1) is 7.11 Å². The number of hydrogen-bond donors (Lipinski definition) is 0. The molecule has 3 nitrogen and oxygen atoms in total. The second-order valence-electron chi connectivity index (χ2n) is 5.38. The van der Waals surface area contributed by atoms with Gasteiger partial charge in [0.2, 0.25) is 0 Å². The van der Waals surface area contributed by atoms with Crippen LogP contribution < -0.4 is 9.47 Å². The van der Waals surface area contributed by atoms with Crippen LogP contribution in [0.1, 0.15) is 0 Å². The normalized spacial score (nSPS) is 10.4. The SMILES string of the molecule is COCOc1ccc(-c2cccc(-c3ccc(OC)cc3)c2)cc1. The van der Waals surface area contributed by atoms with E-state index in [9.17, 15) is 0 Å². The fourth-order valence-corrected chi connectivity index (χ4v) is 2.53.